The smallest absolute Gasteiger partial charge is 0.274 e. The lowest BCUT2D eigenvalue weighted by molar-refractivity contribution is 0.102. The van der Waals surface area contributed by atoms with Gasteiger partial charge < -0.3 is 15.4 Å². The Morgan fingerprint density at radius 3 is 2.55 bits per heavy atom. The van der Waals surface area contributed by atoms with Gasteiger partial charge in [0.15, 0.2) is 0 Å². The SMILES string of the molecule is COCCCNc1ccc(C(=O)Nc2ccc(F)cc2)nc1. The molecule has 0 atom stereocenters. The van der Waals surface area contributed by atoms with Crippen molar-refractivity contribution in [3.8, 4) is 0 Å². The van der Waals surface area contributed by atoms with E-state index in [0.29, 0.717) is 18.0 Å². The summed E-state index contributed by atoms with van der Waals surface area (Å²) in [4.78, 5) is 16.1. The van der Waals surface area contributed by atoms with Crippen LogP contribution in [0.2, 0.25) is 0 Å². The van der Waals surface area contributed by atoms with E-state index in [-0.39, 0.29) is 11.7 Å². The largest absolute Gasteiger partial charge is 0.385 e. The van der Waals surface area contributed by atoms with Crippen LogP contribution in [0, 0.1) is 5.82 Å². The molecule has 0 unspecified atom stereocenters. The lowest BCUT2D eigenvalue weighted by Crippen LogP contribution is -2.14. The van der Waals surface area contributed by atoms with Gasteiger partial charge in [-0.1, -0.05) is 0 Å². The summed E-state index contributed by atoms with van der Waals surface area (Å²) in [7, 11) is 1.66. The zero-order chi connectivity index (χ0) is 15.8. The minimum atomic E-state index is -0.347. The molecule has 0 radical (unpaired) electrons. The molecule has 1 aromatic carbocycles. The Morgan fingerprint density at radius 2 is 1.91 bits per heavy atom. The fourth-order valence-electron chi connectivity index (χ4n) is 1.81. The van der Waals surface area contributed by atoms with Crippen LogP contribution in [0.4, 0.5) is 15.8 Å². The van der Waals surface area contributed by atoms with E-state index in [1.54, 1.807) is 25.4 Å². The van der Waals surface area contributed by atoms with Crippen molar-refractivity contribution < 1.29 is 13.9 Å². The van der Waals surface area contributed by atoms with Crippen molar-refractivity contribution in [2.45, 2.75) is 6.42 Å². The number of carbonyl (C=O) groups excluding carboxylic acids is 1. The van der Waals surface area contributed by atoms with Gasteiger partial charge in [-0.3, -0.25) is 4.79 Å². The first-order chi connectivity index (χ1) is 10.7. The standard InChI is InChI=1S/C16H18FN3O2/c1-22-10-2-9-18-14-7-8-15(19-11-14)16(21)20-13-5-3-12(17)4-6-13/h3-8,11,18H,2,9-10H2,1H3,(H,20,21). The molecule has 1 amide bonds. The maximum atomic E-state index is 12.8. The van der Waals surface area contributed by atoms with Gasteiger partial charge in [-0.25, -0.2) is 9.37 Å². The third kappa shape index (κ3) is 4.82. The molecule has 0 aliphatic carbocycles. The number of nitrogens with zero attached hydrogens (tertiary/aromatic N) is 1. The van der Waals surface area contributed by atoms with E-state index in [9.17, 15) is 9.18 Å². The minimum Gasteiger partial charge on any atom is -0.385 e. The van der Waals surface area contributed by atoms with Crippen molar-refractivity contribution in [3.05, 3.63) is 54.1 Å². The fraction of sp³-hybridized carbons (Fsp3) is 0.250. The van der Waals surface area contributed by atoms with Crippen LogP contribution in [0.5, 0.6) is 0 Å². The van der Waals surface area contributed by atoms with Gasteiger partial charge in [0.1, 0.15) is 11.5 Å². The lowest BCUT2D eigenvalue weighted by Gasteiger charge is -2.07. The number of rotatable bonds is 7. The number of ether oxygens (including phenoxy) is 1. The average Bonchev–Trinajstić information content (AvgIpc) is 2.54. The van der Waals surface area contributed by atoms with Crippen molar-refractivity contribution in [3.63, 3.8) is 0 Å². The zero-order valence-corrected chi connectivity index (χ0v) is 12.3. The van der Waals surface area contributed by atoms with Crippen molar-refractivity contribution >= 4 is 17.3 Å². The van der Waals surface area contributed by atoms with E-state index in [0.717, 1.165) is 18.7 Å². The number of aromatic nitrogens is 1. The van der Waals surface area contributed by atoms with Crippen LogP contribution in [-0.4, -0.2) is 31.2 Å². The van der Waals surface area contributed by atoms with Gasteiger partial charge in [-0.05, 0) is 42.8 Å². The maximum Gasteiger partial charge on any atom is 0.274 e. The summed E-state index contributed by atoms with van der Waals surface area (Å²) < 4.78 is 17.8. The number of nitrogens with one attached hydrogen (secondary N) is 2. The second kappa shape index (κ2) is 8.09. The first-order valence-corrected chi connectivity index (χ1v) is 6.95. The van der Waals surface area contributed by atoms with Gasteiger partial charge in [0.05, 0.1) is 11.9 Å². The first-order valence-electron chi connectivity index (χ1n) is 6.95. The van der Waals surface area contributed by atoms with Crippen LogP contribution in [0.3, 0.4) is 0 Å². The highest BCUT2D eigenvalue weighted by Gasteiger charge is 2.07. The molecule has 0 spiro atoms. The van der Waals surface area contributed by atoms with Crippen LogP contribution in [-0.2, 0) is 4.74 Å². The molecular weight excluding hydrogens is 285 g/mol. The minimum absolute atomic E-state index is 0.298. The summed E-state index contributed by atoms with van der Waals surface area (Å²) in [6, 6.07) is 9.00. The van der Waals surface area contributed by atoms with Gasteiger partial charge in [0.25, 0.3) is 5.91 Å². The summed E-state index contributed by atoms with van der Waals surface area (Å²) in [5, 5.41) is 5.85. The van der Waals surface area contributed by atoms with Gasteiger partial charge in [0.2, 0.25) is 0 Å². The van der Waals surface area contributed by atoms with Crippen LogP contribution >= 0.6 is 0 Å². The maximum absolute atomic E-state index is 12.8. The summed E-state index contributed by atoms with van der Waals surface area (Å²) in [6.07, 6.45) is 2.50. The number of amides is 1. The van der Waals surface area contributed by atoms with E-state index in [4.69, 9.17) is 4.74 Å². The molecule has 0 fully saturated rings. The Hall–Kier alpha value is -2.47. The molecule has 116 valence electrons. The summed E-state index contributed by atoms with van der Waals surface area (Å²) >= 11 is 0. The van der Waals surface area contributed by atoms with E-state index < -0.39 is 0 Å². The van der Waals surface area contributed by atoms with E-state index in [1.807, 2.05) is 0 Å². The molecule has 6 heteroatoms. The van der Waals surface area contributed by atoms with E-state index >= 15 is 0 Å². The second-order valence-corrected chi connectivity index (χ2v) is 4.67. The molecule has 1 heterocycles. The van der Waals surface area contributed by atoms with Crippen molar-refractivity contribution in [2.24, 2.45) is 0 Å². The zero-order valence-electron chi connectivity index (χ0n) is 12.3. The average molecular weight is 303 g/mol. The van der Waals surface area contributed by atoms with Crippen molar-refractivity contribution in [2.75, 3.05) is 30.9 Å². The molecule has 2 N–H and O–H groups in total. The highest BCUT2D eigenvalue weighted by molar-refractivity contribution is 6.02. The van der Waals surface area contributed by atoms with Crippen LogP contribution in [0.1, 0.15) is 16.9 Å². The molecule has 1 aromatic heterocycles. The topological polar surface area (TPSA) is 63.2 Å². The molecule has 2 rings (SSSR count). The van der Waals surface area contributed by atoms with Crippen LogP contribution in [0.25, 0.3) is 0 Å². The third-order valence-electron chi connectivity index (χ3n) is 2.95. The van der Waals surface area contributed by atoms with Gasteiger partial charge in [-0.2, -0.15) is 0 Å². The number of hydrogen-bond acceptors (Lipinski definition) is 4. The summed E-state index contributed by atoms with van der Waals surface area (Å²) in [5.74, 6) is -0.683. The molecule has 0 aliphatic rings. The van der Waals surface area contributed by atoms with E-state index in [2.05, 4.69) is 15.6 Å². The third-order valence-corrected chi connectivity index (χ3v) is 2.95. The molecule has 2 aromatic rings. The fourth-order valence-corrected chi connectivity index (χ4v) is 1.81. The second-order valence-electron chi connectivity index (χ2n) is 4.67. The molecule has 0 saturated heterocycles. The monoisotopic (exact) mass is 303 g/mol. The van der Waals surface area contributed by atoms with Crippen molar-refractivity contribution in [1.82, 2.24) is 4.98 Å². The van der Waals surface area contributed by atoms with E-state index in [1.165, 1.54) is 24.3 Å². The Kier molecular flexibility index (Phi) is 5.85. The number of halogens is 1. The molecule has 22 heavy (non-hydrogen) atoms. The Bertz CT molecular complexity index is 600. The van der Waals surface area contributed by atoms with Crippen molar-refractivity contribution in [1.29, 1.82) is 0 Å². The number of carbonyl (C=O) groups is 1. The molecule has 5 nitrogen and oxygen atoms in total. The summed E-state index contributed by atoms with van der Waals surface area (Å²) in [5.41, 5.74) is 1.66. The predicted octanol–water partition coefficient (Wildman–Crippen LogP) is 2.92. The quantitative estimate of drug-likeness (QED) is 0.772. The Morgan fingerprint density at radius 1 is 1.18 bits per heavy atom. The van der Waals surface area contributed by atoms with Crippen LogP contribution in [0.15, 0.2) is 42.6 Å². The van der Waals surface area contributed by atoms with Gasteiger partial charge in [0, 0.05) is 25.9 Å². The highest BCUT2D eigenvalue weighted by atomic mass is 19.1. The summed E-state index contributed by atoms with van der Waals surface area (Å²) in [6.45, 7) is 1.47. The number of benzene rings is 1. The Balaban J connectivity index is 1.89. The number of anilines is 2. The molecule has 0 bridgehead atoms. The number of hydrogen-bond donors (Lipinski definition) is 2. The number of pyridine rings is 1. The van der Waals surface area contributed by atoms with Gasteiger partial charge in [-0.15, -0.1) is 0 Å². The molecular formula is C16H18FN3O2. The molecule has 0 saturated carbocycles. The predicted molar refractivity (Wildman–Crippen MR) is 83.6 cm³/mol. The highest BCUT2D eigenvalue weighted by Crippen LogP contribution is 2.11. The normalized spacial score (nSPS) is 10.3. The Labute approximate surface area is 128 Å². The molecule has 0 aliphatic heterocycles. The van der Waals surface area contributed by atoms with Gasteiger partial charge >= 0.3 is 0 Å². The van der Waals surface area contributed by atoms with Crippen LogP contribution < -0.4 is 10.6 Å². The first kappa shape index (κ1) is 15.9. The number of methoxy groups -OCH3 is 1. The lowest BCUT2D eigenvalue weighted by atomic mass is 10.2.